The number of hydrogen-bond acceptors (Lipinski definition) is 4. The van der Waals surface area contributed by atoms with Crippen LogP contribution in [0.4, 0.5) is 5.82 Å². The zero-order valence-electron chi connectivity index (χ0n) is 12.1. The van der Waals surface area contributed by atoms with Gasteiger partial charge in [0, 0.05) is 23.9 Å². The lowest BCUT2D eigenvalue weighted by Crippen LogP contribution is -2.33. The van der Waals surface area contributed by atoms with E-state index in [1.165, 1.54) is 11.8 Å². The maximum atomic E-state index is 12.5. The highest BCUT2D eigenvalue weighted by molar-refractivity contribution is 9.10. The van der Waals surface area contributed by atoms with E-state index in [0.717, 1.165) is 10.0 Å². The van der Waals surface area contributed by atoms with Crippen LogP contribution in [-0.4, -0.2) is 21.7 Å². The second-order valence-electron chi connectivity index (χ2n) is 5.08. The summed E-state index contributed by atoms with van der Waals surface area (Å²) in [6.07, 6.45) is 2.10. The molecule has 7 heteroatoms. The van der Waals surface area contributed by atoms with E-state index in [1.54, 1.807) is 11.6 Å². The Balaban J connectivity index is 2.24. The molecule has 1 N–H and O–H groups in total. The van der Waals surface area contributed by atoms with Crippen molar-refractivity contribution in [1.29, 1.82) is 0 Å². The van der Waals surface area contributed by atoms with E-state index in [1.807, 2.05) is 30.5 Å². The molecular weight excluding hydrogens is 366 g/mol. The molecule has 0 radical (unpaired) electrons. The van der Waals surface area contributed by atoms with Gasteiger partial charge in [0.1, 0.15) is 5.82 Å². The number of nitrogens with one attached hydrogen (secondary N) is 1. The normalized spacial score (nSPS) is 17.0. The van der Waals surface area contributed by atoms with Gasteiger partial charge in [0.15, 0.2) is 5.16 Å². The van der Waals surface area contributed by atoms with Crippen molar-refractivity contribution in [3.8, 4) is 0 Å². The zero-order chi connectivity index (χ0) is 15.9. The number of hydrogen-bond donors (Lipinski definition) is 1. The summed E-state index contributed by atoms with van der Waals surface area (Å²) >= 11 is 4.81. The fourth-order valence-electron chi connectivity index (χ4n) is 2.73. The summed E-state index contributed by atoms with van der Waals surface area (Å²) in [6.45, 7) is 0. The Morgan fingerprint density at radius 1 is 1.41 bits per heavy atom. The van der Waals surface area contributed by atoms with Crippen molar-refractivity contribution >= 4 is 39.4 Å². The van der Waals surface area contributed by atoms with Crippen molar-refractivity contribution in [3.63, 3.8) is 0 Å². The second-order valence-corrected chi connectivity index (χ2v) is 6.77. The highest BCUT2D eigenvalue weighted by Gasteiger charge is 2.31. The lowest BCUT2D eigenvalue weighted by molar-refractivity contribution is -0.116. The minimum atomic E-state index is -0.276. The van der Waals surface area contributed by atoms with E-state index in [4.69, 9.17) is 0 Å². The first-order chi connectivity index (χ1) is 10.5. The topological polar surface area (TPSA) is 64.0 Å². The molecule has 1 aliphatic rings. The molecule has 0 saturated heterocycles. The zero-order valence-corrected chi connectivity index (χ0v) is 14.5. The summed E-state index contributed by atoms with van der Waals surface area (Å²) in [7, 11) is 1.81. The number of nitrogens with zero attached hydrogens (tertiary/aromatic N) is 2. The number of carbonyl (C=O) groups is 1. The van der Waals surface area contributed by atoms with E-state index < -0.39 is 0 Å². The molecule has 5 nitrogen and oxygen atoms in total. The van der Waals surface area contributed by atoms with E-state index in [9.17, 15) is 9.59 Å². The minimum Gasteiger partial charge on any atom is -0.312 e. The fraction of sp³-hybridized carbons (Fsp3) is 0.267. The summed E-state index contributed by atoms with van der Waals surface area (Å²) in [5.74, 6) is 0.180. The maximum Gasteiger partial charge on any atom is 0.279 e. The van der Waals surface area contributed by atoms with Crippen molar-refractivity contribution in [3.05, 3.63) is 50.2 Å². The van der Waals surface area contributed by atoms with Gasteiger partial charge in [-0.05, 0) is 24.0 Å². The number of carbonyl (C=O) groups excluding carboxylic acids is 1. The molecule has 1 aromatic heterocycles. The second kappa shape index (κ2) is 5.89. The Bertz CT molecular complexity index is 819. The fourth-order valence-corrected chi connectivity index (χ4v) is 3.68. The van der Waals surface area contributed by atoms with Crippen molar-refractivity contribution in [1.82, 2.24) is 9.55 Å². The molecule has 1 atom stereocenters. The van der Waals surface area contributed by atoms with Gasteiger partial charge in [0.05, 0.1) is 5.56 Å². The number of benzene rings is 1. The summed E-state index contributed by atoms with van der Waals surface area (Å²) < 4.78 is 2.69. The molecule has 0 aliphatic carbocycles. The van der Waals surface area contributed by atoms with E-state index in [-0.39, 0.29) is 23.8 Å². The molecule has 22 heavy (non-hydrogen) atoms. The molecule has 0 spiro atoms. The van der Waals surface area contributed by atoms with Gasteiger partial charge >= 0.3 is 0 Å². The number of anilines is 1. The monoisotopic (exact) mass is 379 g/mol. The summed E-state index contributed by atoms with van der Waals surface area (Å²) in [6, 6.07) is 7.69. The first-order valence-corrected chi connectivity index (χ1v) is 8.73. The molecule has 0 fully saturated rings. The van der Waals surface area contributed by atoms with E-state index >= 15 is 0 Å². The van der Waals surface area contributed by atoms with E-state index in [0.29, 0.717) is 16.5 Å². The van der Waals surface area contributed by atoms with Gasteiger partial charge in [0.2, 0.25) is 5.91 Å². The van der Waals surface area contributed by atoms with Crippen LogP contribution in [0.25, 0.3) is 0 Å². The standard InChI is InChI=1S/C15H14BrN3O2S/c1-19-13-12(14(21)18-15(19)22-2)10(7-11(20)17-13)8-4-3-5-9(16)6-8/h3-6,10H,7H2,1-2H3,(H,17,20)/t10-/m1/s1. The summed E-state index contributed by atoms with van der Waals surface area (Å²) in [5, 5.41) is 3.40. The number of fused-ring (bicyclic) bond motifs is 1. The number of halogens is 1. The molecule has 2 heterocycles. The van der Waals surface area contributed by atoms with Crippen LogP contribution in [0.15, 0.2) is 38.7 Å². The Hall–Kier alpha value is -1.60. The van der Waals surface area contributed by atoms with Crippen molar-refractivity contribution in [2.75, 3.05) is 11.6 Å². The number of aromatic nitrogens is 2. The van der Waals surface area contributed by atoms with Gasteiger partial charge in [-0.3, -0.25) is 9.59 Å². The summed E-state index contributed by atoms with van der Waals surface area (Å²) in [5.41, 5.74) is 1.21. The van der Waals surface area contributed by atoms with Crippen LogP contribution in [0.3, 0.4) is 0 Å². The first-order valence-electron chi connectivity index (χ1n) is 6.71. The van der Waals surface area contributed by atoms with Gasteiger partial charge in [0.25, 0.3) is 5.56 Å². The highest BCUT2D eigenvalue weighted by atomic mass is 79.9. The van der Waals surface area contributed by atoms with E-state index in [2.05, 4.69) is 26.2 Å². The van der Waals surface area contributed by atoms with Crippen molar-refractivity contribution < 1.29 is 4.79 Å². The molecule has 0 bridgehead atoms. The van der Waals surface area contributed by atoms with Crippen LogP contribution in [0.1, 0.15) is 23.5 Å². The van der Waals surface area contributed by atoms with Crippen LogP contribution in [0.2, 0.25) is 0 Å². The molecule has 0 unspecified atom stereocenters. The lowest BCUT2D eigenvalue weighted by atomic mass is 9.87. The maximum absolute atomic E-state index is 12.5. The Labute approximate surface area is 140 Å². The molecule has 2 aromatic rings. The van der Waals surface area contributed by atoms with Crippen LogP contribution < -0.4 is 10.9 Å². The smallest absolute Gasteiger partial charge is 0.279 e. The summed E-state index contributed by atoms with van der Waals surface area (Å²) in [4.78, 5) is 28.7. The average Bonchev–Trinajstić information content (AvgIpc) is 2.50. The van der Waals surface area contributed by atoms with Gasteiger partial charge in [-0.1, -0.05) is 39.8 Å². The average molecular weight is 380 g/mol. The molecule has 1 aromatic carbocycles. The number of rotatable bonds is 2. The van der Waals surface area contributed by atoms with Crippen LogP contribution in [-0.2, 0) is 11.8 Å². The van der Waals surface area contributed by atoms with Gasteiger partial charge < -0.3 is 9.88 Å². The predicted molar refractivity (Wildman–Crippen MR) is 90.5 cm³/mol. The molecule has 0 saturated carbocycles. The SMILES string of the molecule is CSc1nc(=O)c2c(n1C)NC(=O)C[C@@H]2c1cccc(Br)c1. The predicted octanol–water partition coefficient (Wildman–Crippen LogP) is 2.74. The minimum absolute atomic E-state index is 0.0919. The Morgan fingerprint density at radius 2 is 2.18 bits per heavy atom. The van der Waals surface area contributed by atoms with Gasteiger partial charge in [-0.25, -0.2) is 0 Å². The third-order valence-corrected chi connectivity index (χ3v) is 4.96. The first kappa shape index (κ1) is 15.3. The van der Waals surface area contributed by atoms with Crippen molar-refractivity contribution in [2.45, 2.75) is 17.5 Å². The van der Waals surface area contributed by atoms with Crippen LogP contribution in [0.5, 0.6) is 0 Å². The third kappa shape index (κ3) is 2.59. The molecule has 114 valence electrons. The highest BCUT2D eigenvalue weighted by Crippen LogP contribution is 2.36. The quantitative estimate of drug-likeness (QED) is 0.643. The Morgan fingerprint density at radius 3 is 2.86 bits per heavy atom. The number of amides is 1. The largest absolute Gasteiger partial charge is 0.312 e. The van der Waals surface area contributed by atoms with Gasteiger partial charge in [-0.15, -0.1) is 0 Å². The Kier molecular flexibility index (Phi) is 4.10. The van der Waals surface area contributed by atoms with Crippen LogP contribution in [0, 0.1) is 0 Å². The lowest BCUT2D eigenvalue weighted by Gasteiger charge is -2.27. The number of thioether (sulfide) groups is 1. The van der Waals surface area contributed by atoms with Crippen LogP contribution >= 0.6 is 27.7 Å². The molecule has 1 aliphatic heterocycles. The third-order valence-electron chi connectivity index (χ3n) is 3.73. The molecular formula is C15H14BrN3O2S. The van der Waals surface area contributed by atoms with Crippen molar-refractivity contribution in [2.24, 2.45) is 7.05 Å². The molecule has 1 amide bonds. The molecule has 3 rings (SSSR count). The van der Waals surface area contributed by atoms with Gasteiger partial charge in [-0.2, -0.15) is 4.98 Å².